The fraction of sp³-hybridized carbons (Fsp3) is 0.333. The van der Waals surface area contributed by atoms with Gasteiger partial charge in [0.2, 0.25) is 0 Å². The van der Waals surface area contributed by atoms with Gasteiger partial charge in [0.05, 0.1) is 0 Å². The molecule has 0 spiro atoms. The minimum Gasteiger partial charge on any atom is -0.369 e. The molecule has 0 radical (unpaired) electrons. The lowest BCUT2D eigenvalue weighted by molar-refractivity contribution is -0.0553. The van der Waals surface area contributed by atoms with Crippen LogP contribution in [0.15, 0.2) is 29.4 Å². The smallest absolute Gasteiger partial charge is 0.276 e. The number of hydrogen-bond donors (Lipinski definition) is 1. The van der Waals surface area contributed by atoms with Crippen LogP contribution in [0.2, 0.25) is 0 Å². The molecule has 1 atom stereocenters. The monoisotopic (exact) mass is 344 g/mol. The molecule has 0 unspecified atom stereocenters. The molecule has 1 aliphatic heterocycles. The van der Waals surface area contributed by atoms with E-state index >= 15 is 0 Å². The Morgan fingerprint density at radius 1 is 1.47 bits per heavy atom. The summed E-state index contributed by atoms with van der Waals surface area (Å²) in [6.07, 6.45) is 0.392. The maximum atomic E-state index is 12.2. The summed E-state index contributed by atoms with van der Waals surface area (Å²) >= 11 is 2.18. The van der Waals surface area contributed by atoms with Gasteiger partial charge in [-0.25, -0.2) is 0 Å². The quantitative estimate of drug-likeness (QED) is 0.795. The predicted molar refractivity (Wildman–Crippen MR) is 73.7 cm³/mol. The Morgan fingerprint density at radius 3 is 2.53 bits per heavy atom. The van der Waals surface area contributed by atoms with Gasteiger partial charge in [0, 0.05) is 21.3 Å². The topological polar surface area (TPSA) is 52.9 Å². The Bertz CT molecular complexity index is 480. The first kappa shape index (κ1) is 12.5. The van der Waals surface area contributed by atoms with Crippen molar-refractivity contribution >= 4 is 34.2 Å². The first-order chi connectivity index (χ1) is 7.90. The van der Waals surface area contributed by atoms with Gasteiger partial charge in [0.1, 0.15) is 0 Å². The maximum Gasteiger partial charge on any atom is 0.276 e. The molecular formula is C12H13IN2O2. The van der Waals surface area contributed by atoms with Crippen LogP contribution < -0.4 is 0 Å². The lowest BCUT2D eigenvalue weighted by Crippen LogP contribution is -2.43. The molecule has 4 nitrogen and oxygen atoms in total. The summed E-state index contributed by atoms with van der Waals surface area (Å²) in [5.74, 6) is -0.275. The van der Waals surface area contributed by atoms with Crippen LogP contribution in [0.1, 0.15) is 30.6 Å². The number of nitrogens with zero attached hydrogens (tertiary/aromatic N) is 2. The molecule has 17 heavy (non-hydrogen) atoms. The number of hydrogen-bond acceptors (Lipinski definition) is 3. The van der Waals surface area contributed by atoms with E-state index in [2.05, 4.69) is 27.7 Å². The molecule has 0 saturated heterocycles. The first-order valence-electron chi connectivity index (χ1n) is 5.27. The van der Waals surface area contributed by atoms with Gasteiger partial charge >= 0.3 is 0 Å². The van der Waals surface area contributed by atoms with Crippen molar-refractivity contribution in [1.29, 1.82) is 0 Å². The standard InChI is InChI=1S/C12H13IN2O2/c1-8-7-12(2,17)15(14-8)11(16)9-3-5-10(13)6-4-9/h3-6,17H,7H2,1-2H3/t12-/m0/s1. The molecule has 1 aliphatic rings. The summed E-state index contributed by atoms with van der Waals surface area (Å²) in [6.45, 7) is 3.40. The van der Waals surface area contributed by atoms with Gasteiger partial charge in [-0.15, -0.1) is 0 Å². The zero-order valence-corrected chi connectivity index (χ0v) is 11.8. The molecule has 1 amide bonds. The zero-order valence-electron chi connectivity index (χ0n) is 9.64. The number of rotatable bonds is 1. The van der Waals surface area contributed by atoms with Crippen LogP contribution >= 0.6 is 22.6 Å². The Kier molecular flexibility index (Phi) is 3.22. The molecule has 0 bridgehead atoms. The third-order valence-electron chi connectivity index (χ3n) is 2.60. The third kappa shape index (κ3) is 2.50. The van der Waals surface area contributed by atoms with Crippen LogP contribution in [-0.2, 0) is 0 Å². The minimum absolute atomic E-state index is 0.275. The molecule has 0 aliphatic carbocycles. The lowest BCUT2D eigenvalue weighted by atomic mass is 10.1. The minimum atomic E-state index is -1.22. The summed E-state index contributed by atoms with van der Waals surface area (Å²) in [7, 11) is 0. The SMILES string of the molecule is CC1=NN(C(=O)c2ccc(I)cc2)[C@@](C)(O)C1. The van der Waals surface area contributed by atoms with Crippen molar-refractivity contribution in [3.05, 3.63) is 33.4 Å². The Morgan fingerprint density at radius 2 is 2.06 bits per heavy atom. The van der Waals surface area contributed by atoms with Gasteiger partial charge in [0.25, 0.3) is 5.91 Å². The van der Waals surface area contributed by atoms with E-state index in [1.165, 1.54) is 0 Å². The molecule has 1 N–H and O–H groups in total. The lowest BCUT2D eigenvalue weighted by Gasteiger charge is -2.26. The van der Waals surface area contributed by atoms with Crippen LogP contribution in [0.25, 0.3) is 0 Å². The summed E-state index contributed by atoms with van der Waals surface area (Å²) < 4.78 is 1.06. The molecule has 1 aromatic rings. The van der Waals surface area contributed by atoms with Crippen LogP contribution in [0.4, 0.5) is 0 Å². The fourth-order valence-electron chi connectivity index (χ4n) is 1.85. The second kappa shape index (κ2) is 4.38. The van der Waals surface area contributed by atoms with Gasteiger partial charge in [-0.2, -0.15) is 10.1 Å². The third-order valence-corrected chi connectivity index (χ3v) is 3.32. The molecule has 0 saturated carbocycles. The van der Waals surface area contributed by atoms with E-state index in [-0.39, 0.29) is 5.91 Å². The highest BCUT2D eigenvalue weighted by Crippen LogP contribution is 2.26. The average Bonchev–Trinajstić information content (AvgIpc) is 2.52. The van der Waals surface area contributed by atoms with Gasteiger partial charge < -0.3 is 5.11 Å². The molecule has 1 aromatic carbocycles. The summed E-state index contributed by atoms with van der Waals surface area (Å²) in [5.41, 5.74) is 0.0717. The van der Waals surface area contributed by atoms with E-state index < -0.39 is 5.72 Å². The maximum absolute atomic E-state index is 12.2. The molecule has 0 fully saturated rings. The van der Waals surface area contributed by atoms with E-state index in [1.54, 1.807) is 26.0 Å². The van der Waals surface area contributed by atoms with Crippen LogP contribution in [0.5, 0.6) is 0 Å². The second-order valence-corrected chi connectivity index (χ2v) is 5.60. The van der Waals surface area contributed by atoms with E-state index in [9.17, 15) is 9.90 Å². The Balaban J connectivity index is 2.29. The number of amides is 1. The number of carbonyl (C=O) groups is 1. The van der Waals surface area contributed by atoms with Crippen molar-refractivity contribution < 1.29 is 9.90 Å². The van der Waals surface area contributed by atoms with Crippen molar-refractivity contribution in [3.8, 4) is 0 Å². The van der Waals surface area contributed by atoms with E-state index in [0.717, 1.165) is 14.3 Å². The Hall–Kier alpha value is -0.950. The van der Waals surface area contributed by atoms with E-state index in [1.807, 2.05) is 12.1 Å². The van der Waals surface area contributed by atoms with Crippen LogP contribution in [-0.4, -0.2) is 27.5 Å². The summed E-state index contributed by atoms with van der Waals surface area (Å²) in [5, 5.41) is 15.3. The molecule has 1 heterocycles. The summed E-state index contributed by atoms with van der Waals surface area (Å²) in [6, 6.07) is 7.19. The molecule has 2 rings (SSSR count). The highest BCUT2D eigenvalue weighted by molar-refractivity contribution is 14.1. The van der Waals surface area contributed by atoms with Crippen molar-refractivity contribution in [2.75, 3.05) is 0 Å². The number of hydrazone groups is 1. The number of aliphatic hydroxyl groups is 1. The van der Waals surface area contributed by atoms with Gasteiger partial charge in [-0.05, 0) is 60.7 Å². The van der Waals surface area contributed by atoms with Gasteiger partial charge in [-0.1, -0.05) is 0 Å². The largest absolute Gasteiger partial charge is 0.369 e. The van der Waals surface area contributed by atoms with Crippen LogP contribution in [0, 0.1) is 3.57 Å². The Labute approximate surface area is 113 Å². The normalized spacial score (nSPS) is 23.8. The van der Waals surface area contributed by atoms with E-state index in [0.29, 0.717) is 12.0 Å². The number of carbonyl (C=O) groups excluding carboxylic acids is 1. The van der Waals surface area contributed by atoms with E-state index in [4.69, 9.17) is 0 Å². The van der Waals surface area contributed by atoms with Crippen molar-refractivity contribution in [1.82, 2.24) is 5.01 Å². The van der Waals surface area contributed by atoms with Crippen molar-refractivity contribution in [2.24, 2.45) is 5.10 Å². The number of halogens is 1. The van der Waals surface area contributed by atoms with Crippen molar-refractivity contribution in [3.63, 3.8) is 0 Å². The van der Waals surface area contributed by atoms with Gasteiger partial charge in [-0.3, -0.25) is 4.79 Å². The van der Waals surface area contributed by atoms with Gasteiger partial charge in [0.15, 0.2) is 5.72 Å². The highest BCUT2D eigenvalue weighted by Gasteiger charge is 2.39. The number of benzene rings is 1. The summed E-state index contributed by atoms with van der Waals surface area (Å²) in [4.78, 5) is 12.2. The highest BCUT2D eigenvalue weighted by atomic mass is 127. The molecule has 90 valence electrons. The molecular weight excluding hydrogens is 331 g/mol. The average molecular weight is 344 g/mol. The predicted octanol–water partition coefficient (Wildman–Crippen LogP) is 2.22. The van der Waals surface area contributed by atoms with Crippen LogP contribution in [0.3, 0.4) is 0 Å². The molecule has 0 aromatic heterocycles. The second-order valence-electron chi connectivity index (χ2n) is 4.35. The fourth-order valence-corrected chi connectivity index (χ4v) is 2.21. The first-order valence-corrected chi connectivity index (χ1v) is 6.34. The zero-order chi connectivity index (χ0) is 12.6. The van der Waals surface area contributed by atoms with Crippen molar-refractivity contribution in [2.45, 2.75) is 26.0 Å². The molecule has 5 heteroatoms.